The van der Waals surface area contributed by atoms with Crippen LogP contribution in [-0.4, -0.2) is 38.7 Å². The summed E-state index contributed by atoms with van der Waals surface area (Å²) in [6.07, 6.45) is 3.14. The first-order valence-corrected chi connectivity index (χ1v) is 8.66. The molecule has 6 heteroatoms. The average Bonchev–Trinajstić information content (AvgIpc) is 2.54. The lowest BCUT2D eigenvalue weighted by molar-refractivity contribution is 0.0988. The predicted octanol–water partition coefficient (Wildman–Crippen LogP) is 2.46. The van der Waals surface area contributed by atoms with Crippen LogP contribution in [0.4, 0.5) is 0 Å². The molecule has 0 radical (unpaired) electrons. The molecule has 116 valence electrons. The molecule has 1 aromatic carbocycles. The van der Waals surface area contributed by atoms with Crippen molar-refractivity contribution >= 4 is 15.8 Å². The number of piperidine rings is 1. The number of rotatable bonds is 5. The highest BCUT2D eigenvalue weighted by molar-refractivity contribution is 7.89. The maximum atomic E-state index is 12.8. The van der Waals surface area contributed by atoms with Crippen molar-refractivity contribution < 1.29 is 17.9 Å². The van der Waals surface area contributed by atoms with Gasteiger partial charge in [-0.15, -0.1) is 0 Å². The maximum Gasteiger partial charge on any atom is 0.246 e. The normalized spacial score (nSPS) is 16.7. The summed E-state index contributed by atoms with van der Waals surface area (Å²) < 4.78 is 32.2. The van der Waals surface area contributed by atoms with E-state index in [-0.39, 0.29) is 16.4 Å². The average molecular weight is 311 g/mol. The molecule has 0 aliphatic carbocycles. The maximum absolute atomic E-state index is 12.8. The summed E-state index contributed by atoms with van der Waals surface area (Å²) in [4.78, 5) is 11.9. The molecule has 0 N–H and O–H groups in total. The minimum atomic E-state index is -3.61. The van der Waals surface area contributed by atoms with Gasteiger partial charge in [0.05, 0.1) is 7.11 Å². The van der Waals surface area contributed by atoms with Crippen molar-refractivity contribution in [1.82, 2.24) is 4.31 Å². The standard InChI is InChI=1S/C15H21NO4S/c1-3-13(17)12-7-8-14(20-2)15(11-12)21(18,19)16-9-5-4-6-10-16/h7-8,11H,3-6,9-10H2,1-2H3. The van der Waals surface area contributed by atoms with Crippen molar-refractivity contribution in [1.29, 1.82) is 0 Å². The summed E-state index contributed by atoms with van der Waals surface area (Å²) in [6.45, 7) is 2.81. The number of ether oxygens (including phenoxy) is 1. The Morgan fingerprint density at radius 3 is 2.48 bits per heavy atom. The number of benzene rings is 1. The van der Waals surface area contributed by atoms with E-state index in [1.54, 1.807) is 19.1 Å². The highest BCUT2D eigenvalue weighted by atomic mass is 32.2. The molecule has 2 rings (SSSR count). The van der Waals surface area contributed by atoms with Crippen LogP contribution in [0.5, 0.6) is 5.75 Å². The lowest BCUT2D eigenvalue weighted by atomic mass is 10.1. The van der Waals surface area contributed by atoms with Gasteiger partial charge in [0, 0.05) is 25.1 Å². The Hall–Kier alpha value is -1.40. The third-order valence-corrected chi connectivity index (χ3v) is 5.66. The largest absolute Gasteiger partial charge is 0.495 e. The number of hydrogen-bond acceptors (Lipinski definition) is 4. The fraction of sp³-hybridized carbons (Fsp3) is 0.533. The van der Waals surface area contributed by atoms with Crippen LogP contribution in [0.25, 0.3) is 0 Å². The van der Waals surface area contributed by atoms with Gasteiger partial charge in [-0.3, -0.25) is 4.79 Å². The van der Waals surface area contributed by atoms with Gasteiger partial charge < -0.3 is 4.74 Å². The summed E-state index contributed by atoms with van der Waals surface area (Å²) in [6, 6.07) is 4.61. The lowest BCUT2D eigenvalue weighted by Gasteiger charge is -2.26. The third-order valence-electron chi connectivity index (χ3n) is 3.74. The molecule has 21 heavy (non-hydrogen) atoms. The van der Waals surface area contributed by atoms with Gasteiger partial charge >= 0.3 is 0 Å². The number of carbonyl (C=O) groups excluding carboxylic acids is 1. The monoisotopic (exact) mass is 311 g/mol. The van der Waals surface area contributed by atoms with Crippen molar-refractivity contribution in [2.75, 3.05) is 20.2 Å². The van der Waals surface area contributed by atoms with Crippen molar-refractivity contribution in [3.8, 4) is 5.75 Å². The first-order valence-electron chi connectivity index (χ1n) is 7.22. The summed E-state index contributed by atoms with van der Waals surface area (Å²) in [5, 5.41) is 0. The number of hydrogen-bond donors (Lipinski definition) is 0. The zero-order valence-electron chi connectivity index (χ0n) is 12.5. The number of nitrogens with zero attached hydrogens (tertiary/aromatic N) is 1. The van der Waals surface area contributed by atoms with Crippen molar-refractivity contribution in [2.45, 2.75) is 37.5 Å². The van der Waals surface area contributed by atoms with E-state index in [1.807, 2.05) is 0 Å². The Kier molecular flexibility index (Phi) is 5.00. The molecule has 0 spiro atoms. The zero-order chi connectivity index (χ0) is 15.5. The number of ketones is 1. The van der Waals surface area contributed by atoms with Crippen LogP contribution in [0.1, 0.15) is 43.0 Å². The highest BCUT2D eigenvalue weighted by Gasteiger charge is 2.29. The van der Waals surface area contributed by atoms with E-state index in [0.29, 0.717) is 25.1 Å². The predicted molar refractivity (Wildman–Crippen MR) is 80.2 cm³/mol. The van der Waals surface area contributed by atoms with Crippen LogP contribution in [-0.2, 0) is 10.0 Å². The molecule has 1 aliphatic heterocycles. The first kappa shape index (κ1) is 16.0. The van der Waals surface area contributed by atoms with E-state index < -0.39 is 10.0 Å². The summed E-state index contributed by atoms with van der Waals surface area (Å²) in [5.74, 6) is 0.209. The van der Waals surface area contributed by atoms with Gasteiger partial charge in [0.2, 0.25) is 10.0 Å². The van der Waals surface area contributed by atoms with Gasteiger partial charge in [-0.1, -0.05) is 13.3 Å². The van der Waals surface area contributed by atoms with Crippen LogP contribution in [0.15, 0.2) is 23.1 Å². The SMILES string of the molecule is CCC(=O)c1ccc(OC)c(S(=O)(=O)N2CCCCC2)c1. The molecule has 1 fully saturated rings. The molecule has 0 saturated carbocycles. The van der Waals surface area contributed by atoms with Crippen LogP contribution in [0.2, 0.25) is 0 Å². The first-order chi connectivity index (χ1) is 10.0. The van der Waals surface area contributed by atoms with Crippen molar-refractivity contribution in [3.63, 3.8) is 0 Å². The zero-order valence-corrected chi connectivity index (χ0v) is 13.3. The van der Waals surface area contributed by atoms with Crippen LogP contribution >= 0.6 is 0 Å². The third kappa shape index (κ3) is 3.27. The minimum Gasteiger partial charge on any atom is -0.495 e. The fourth-order valence-corrected chi connectivity index (χ4v) is 4.20. The second kappa shape index (κ2) is 6.58. The van der Waals surface area contributed by atoms with Gasteiger partial charge in [-0.05, 0) is 31.0 Å². The molecule has 1 heterocycles. The molecule has 1 aliphatic rings. The van der Waals surface area contributed by atoms with Crippen molar-refractivity contribution in [3.05, 3.63) is 23.8 Å². The lowest BCUT2D eigenvalue weighted by Crippen LogP contribution is -2.35. The van der Waals surface area contributed by atoms with Crippen LogP contribution in [0, 0.1) is 0 Å². The van der Waals surface area contributed by atoms with Crippen LogP contribution in [0.3, 0.4) is 0 Å². The Bertz CT molecular complexity index is 619. The van der Waals surface area contributed by atoms with Gasteiger partial charge in [0.15, 0.2) is 5.78 Å². The molecule has 1 aromatic rings. The molecule has 1 saturated heterocycles. The van der Waals surface area contributed by atoms with E-state index in [1.165, 1.54) is 17.5 Å². The number of methoxy groups -OCH3 is 1. The molecule has 0 unspecified atom stereocenters. The van der Waals surface area contributed by atoms with E-state index in [4.69, 9.17) is 4.74 Å². The van der Waals surface area contributed by atoms with Gasteiger partial charge in [0.1, 0.15) is 10.6 Å². The Morgan fingerprint density at radius 1 is 1.24 bits per heavy atom. The topological polar surface area (TPSA) is 63.7 Å². The molecule has 0 bridgehead atoms. The van der Waals surface area contributed by atoms with Gasteiger partial charge in [-0.2, -0.15) is 4.31 Å². The van der Waals surface area contributed by atoms with E-state index in [9.17, 15) is 13.2 Å². The molecule has 5 nitrogen and oxygen atoms in total. The number of sulfonamides is 1. The molecule has 0 aromatic heterocycles. The Balaban J connectivity index is 2.46. The van der Waals surface area contributed by atoms with Gasteiger partial charge in [0.25, 0.3) is 0 Å². The summed E-state index contributed by atoms with van der Waals surface area (Å²) >= 11 is 0. The smallest absolute Gasteiger partial charge is 0.246 e. The molecule has 0 atom stereocenters. The van der Waals surface area contributed by atoms with E-state index >= 15 is 0 Å². The number of Topliss-reactive ketones (excluding diaryl/α,β-unsaturated/α-hetero) is 1. The van der Waals surface area contributed by atoms with E-state index in [0.717, 1.165) is 19.3 Å². The highest BCUT2D eigenvalue weighted by Crippen LogP contribution is 2.29. The van der Waals surface area contributed by atoms with Crippen molar-refractivity contribution in [2.24, 2.45) is 0 Å². The summed E-state index contributed by atoms with van der Waals surface area (Å²) in [5.41, 5.74) is 0.411. The number of carbonyl (C=O) groups is 1. The quantitative estimate of drug-likeness (QED) is 0.784. The van der Waals surface area contributed by atoms with Gasteiger partial charge in [-0.25, -0.2) is 8.42 Å². The molecular weight excluding hydrogens is 290 g/mol. The van der Waals surface area contributed by atoms with Crippen LogP contribution < -0.4 is 4.74 Å². The Morgan fingerprint density at radius 2 is 1.90 bits per heavy atom. The molecular formula is C15H21NO4S. The second-order valence-corrected chi connectivity index (χ2v) is 7.01. The Labute approximate surface area is 126 Å². The molecule has 0 amide bonds. The minimum absolute atomic E-state index is 0.0762. The summed E-state index contributed by atoms with van der Waals surface area (Å²) in [7, 11) is -2.18. The van der Waals surface area contributed by atoms with E-state index in [2.05, 4.69) is 0 Å². The second-order valence-electron chi connectivity index (χ2n) is 5.11. The fourth-order valence-electron chi connectivity index (χ4n) is 2.50.